The summed E-state index contributed by atoms with van der Waals surface area (Å²) in [6.45, 7) is 2.50. The van der Waals surface area contributed by atoms with Gasteiger partial charge in [-0.25, -0.2) is 4.79 Å². The Hall–Kier alpha value is -1.27. The van der Waals surface area contributed by atoms with Crippen molar-refractivity contribution in [3.63, 3.8) is 0 Å². The predicted molar refractivity (Wildman–Crippen MR) is 80.0 cm³/mol. The molecular formula is C13H14BrClN2O3. The monoisotopic (exact) mass is 360 g/mol. The van der Waals surface area contributed by atoms with Gasteiger partial charge in [-0.15, -0.1) is 0 Å². The van der Waals surface area contributed by atoms with Gasteiger partial charge in [0.15, 0.2) is 0 Å². The summed E-state index contributed by atoms with van der Waals surface area (Å²) in [5.41, 5.74) is 0.578. The van der Waals surface area contributed by atoms with Crippen molar-refractivity contribution >= 4 is 45.2 Å². The number of carbonyl (C=O) groups is 2. The fraction of sp³-hybridized carbons (Fsp3) is 0.385. The number of aliphatic carboxylic acids is 1. The Morgan fingerprint density at radius 2 is 2.15 bits per heavy atom. The van der Waals surface area contributed by atoms with Crippen molar-refractivity contribution in [2.24, 2.45) is 11.8 Å². The number of amides is 2. The molecule has 1 aromatic carbocycles. The van der Waals surface area contributed by atoms with E-state index in [1.54, 1.807) is 18.2 Å². The van der Waals surface area contributed by atoms with Crippen LogP contribution in [-0.2, 0) is 4.79 Å². The molecule has 1 saturated heterocycles. The molecule has 0 saturated carbocycles. The summed E-state index contributed by atoms with van der Waals surface area (Å²) in [4.78, 5) is 24.6. The Labute approximate surface area is 130 Å². The van der Waals surface area contributed by atoms with Gasteiger partial charge in [0.25, 0.3) is 0 Å². The van der Waals surface area contributed by atoms with E-state index in [0.29, 0.717) is 17.3 Å². The van der Waals surface area contributed by atoms with Gasteiger partial charge < -0.3 is 15.3 Å². The van der Waals surface area contributed by atoms with Gasteiger partial charge in [-0.05, 0) is 40.0 Å². The summed E-state index contributed by atoms with van der Waals surface area (Å²) in [7, 11) is 0. The molecule has 0 unspecified atom stereocenters. The van der Waals surface area contributed by atoms with E-state index < -0.39 is 11.9 Å². The van der Waals surface area contributed by atoms with E-state index in [4.69, 9.17) is 16.7 Å². The number of carbonyl (C=O) groups excluding carboxylic acids is 1. The largest absolute Gasteiger partial charge is 0.481 e. The molecule has 1 aromatic rings. The van der Waals surface area contributed by atoms with Crippen LogP contribution < -0.4 is 5.32 Å². The van der Waals surface area contributed by atoms with Gasteiger partial charge >= 0.3 is 12.0 Å². The fourth-order valence-corrected chi connectivity index (χ4v) is 2.66. The molecule has 1 fully saturated rings. The maximum atomic E-state index is 12.1. The maximum absolute atomic E-state index is 12.1. The second-order valence-electron chi connectivity index (χ2n) is 4.89. The highest BCUT2D eigenvalue weighted by atomic mass is 79.9. The van der Waals surface area contributed by atoms with E-state index in [1.165, 1.54) is 4.90 Å². The summed E-state index contributed by atoms with van der Waals surface area (Å²) in [5.74, 6) is -1.42. The topological polar surface area (TPSA) is 69.6 Å². The average Bonchev–Trinajstić information content (AvgIpc) is 2.76. The van der Waals surface area contributed by atoms with Crippen LogP contribution >= 0.6 is 27.5 Å². The van der Waals surface area contributed by atoms with Crippen molar-refractivity contribution in [1.29, 1.82) is 0 Å². The Morgan fingerprint density at radius 3 is 2.70 bits per heavy atom. The fourth-order valence-electron chi connectivity index (χ4n) is 2.23. The molecule has 0 bridgehead atoms. The normalized spacial score (nSPS) is 21.9. The SMILES string of the molecule is C[C@@H]1CN(C(=O)Nc2ccc(Br)c(Cl)c2)C[C@H]1C(=O)O. The quantitative estimate of drug-likeness (QED) is 0.849. The van der Waals surface area contributed by atoms with Crippen molar-refractivity contribution in [2.75, 3.05) is 18.4 Å². The molecule has 0 spiro atoms. The van der Waals surface area contributed by atoms with Gasteiger partial charge in [0, 0.05) is 23.2 Å². The molecule has 0 aromatic heterocycles. The standard InChI is InChI=1S/C13H14BrClN2O3/c1-7-5-17(6-9(7)12(18)19)13(20)16-8-2-3-10(14)11(15)4-8/h2-4,7,9H,5-6H2,1H3,(H,16,20)(H,18,19)/t7-,9-/m1/s1. The number of anilines is 1. The zero-order valence-corrected chi connectivity index (χ0v) is 13.1. The number of hydrogen-bond acceptors (Lipinski definition) is 2. The van der Waals surface area contributed by atoms with Crippen LogP contribution in [0.25, 0.3) is 0 Å². The Morgan fingerprint density at radius 1 is 1.45 bits per heavy atom. The van der Waals surface area contributed by atoms with Crippen LogP contribution in [0.5, 0.6) is 0 Å². The molecule has 2 N–H and O–H groups in total. The molecular weight excluding hydrogens is 348 g/mol. The molecule has 7 heteroatoms. The van der Waals surface area contributed by atoms with E-state index in [2.05, 4.69) is 21.2 Å². The van der Waals surface area contributed by atoms with Crippen LogP contribution in [0.2, 0.25) is 5.02 Å². The highest BCUT2D eigenvalue weighted by Crippen LogP contribution is 2.27. The maximum Gasteiger partial charge on any atom is 0.321 e. The van der Waals surface area contributed by atoms with Crippen molar-refractivity contribution in [3.8, 4) is 0 Å². The molecule has 2 atom stereocenters. The van der Waals surface area contributed by atoms with E-state index in [0.717, 1.165) is 4.47 Å². The lowest BCUT2D eigenvalue weighted by atomic mass is 9.99. The number of rotatable bonds is 2. The van der Waals surface area contributed by atoms with E-state index in [1.807, 2.05) is 6.92 Å². The summed E-state index contributed by atoms with van der Waals surface area (Å²) in [6, 6.07) is 4.80. The third-order valence-corrected chi connectivity index (χ3v) is 4.62. The lowest BCUT2D eigenvalue weighted by Gasteiger charge is -2.17. The molecule has 0 radical (unpaired) electrons. The highest BCUT2D eigenvalue weighted by molar-refractivity contribution is 9.10. The second-order valence-corrected chi connectivity index (χ2v) is 6.15. The van der Waals surface area contributed by atoms with E-state index in [9.17, 15) is 9.59 Å². The number of nitrogens with zero attached hydrogens (tertiary/aromatic N) is 1. The smallest absolute Gasteiger partial charge is 0.321 e. The van der Waals surface area contributed by atoms with Gasteiger partial charge in [0.2, 0.25) is 0 Å². The van der Waals surface area contributed by atoms with Gasteiger partial charge in [0.05, 0.1) is 10.9 Å². The lowest BCUT2D eigenvalue weighted by Crippen LogP contribution is -2.33. The van der Waals surface area contributed by atoms with Crippen LogP contribution in [0.1, 0.15) is 6.92 Å². The summed E-state index contributed by atoms with van der Waals surface area (Å²) >= 11 is 9.23. The Kier molecular flexibility index (Phi) is 4.55. The minimum atomic E-state index is -0.862. The number of halogens is 2. The van der Waals surface area contributed by atoms with Gasteiger partial charge in [-0.1, -0.05) is 18.5 Å². The zero-order valence-electron chi connectivity index (χ0n) is 10.8. The minimum Gasteiger partial charge on any atom is -0.481 e. The van der Waals surface area contributed by atoms with Crippen molar-refractivity contribution < 1.29 is 14.7 Å². The molecule has 5 nitrogen and oxygen atoms in total. The highest BCUT2D eigenvalue weighted by Gasteiger charge is 2.36. The number of hydrogen-bond donors (Lipinski definition) is 2. The molecule has 1 aliphatic heterocycles. The number of benzene rings is 1. The molecule has 1 aliphatic rings. The first-order chi connectivity index (χ1) is 9.38. The summed E-state index contributed by atoms with van der Waals surface area (Å²) < 4.78 is 0.748. The molecule has 2 amide bonds. The van der Waals surface area contributed by atoms with Crippen LogP contribution in [-0.4, -0.2) is 35.1 Å². The van der Waals surface area contributed by atoms with E-state index in [-0.39, 0.29) is 18.5 Å². The molecule has 2 rings (SSSR count). The Balaban J connectivity index is 2.02. The number of nitrogens with one attached hydrogen (secondary N) is 1. The molecule has 108 valence electrons. The summed E-state index contributed by atoms with van der Waals surface area (Å²) in [5, 5.41) is 12.3. The van der Waals surface area contributed by atoms with Crippen LogP contribution in [0, 0.1) is 11.8 Å². The van der Waals surface area contributed by atoms with Crippen molar-refractivity contribution in [2.45, 2.75) is 6.92 Å². The lowest BCUT2D eigenvalue weighted by molar-refractivity contribution is -0.142. The van der Waals surface area contributed by atoms with Gasteiger partial charge in [-0.3, -0.25) is 4.79 Å². The van der Waals surface area contributed by atoms with E-state index >= 15 is 0 Å². The average molecular weight is 362 g/mol. The zero-order chi connectivity index (χ0) is 14.9. The second kappa shape index (κ2) is 6.01. The molecule has 1 heterocycles. The van der Waals surface area contributed by atoms with Crippen LogP contribution in [0.3, 0.4) is 0 Å². The predicted octanol–water partition coefficient (Wildman–Crippen LogP) is 3.29. The summed E-state index contributed by atoms with van der Waals surface area (Å²) in [6.07, 6.45) is 0. The molecule has 20 heavy (non-hydrogen) atoms. The number of carboxylic acid groups (broad SMARTS) is 1. The van der Waals surface area contributed by atoms with Crippen LogP contribution in [0.15, 0.2) is 22.7 Å². The number of carboxylic acids is 1. The van der Waals surface area contributed by atoms with Gasteiger partial charge in [0.1, 0.15) is 0 Å². The molecule has 0 aliphatic carbocycles. The first-order valence-corrected chi connectivity index (χ1v) is 7.29. The van der Waals surface area contributed by atoms with Crippen LogP contribution in [0.4, 0.5) is 10.5 Å². The third kappa shape index (κ3) is 3.24. The van der Waals surface area contributed by atoms with Gasteiger partial charge in [-0.2, -0.15) is 0 Å². The van der Waals surface area contributed by atoms with Crippen molar-refractivity contribution in [1.82, 2.24) is 4.90 Å². The number of urea groups is 1. The Bertz CT molecular complexity index is 552. The first kappa shape index (κ1) is 15.1. The third-order valence-electron chi connectivity index (χ3n) is 3.39. The minimum absolute atomic E-state index is 0.0493. The number of likely N-dealkylation sites (tertiary alicyclic amines) is 1. The van der Waals surface area contributed by atoms with Crippen molar-refractivity contribution in [3.05, 3.63) is 27.7 Å². The first-order valence-electron chi connectivity index (χ1n) is 6.12.